The maximum atomic E-state index is 12.8. The Morgan fingerprint density at radius 2 is 1.29 bits per heavy atom. The van der Waals surface area contributed by atoms with Crippen LogP contribution in [-0.2, 0) is 12.4 Å². The van der Waals surface area contributed by atoms with Crippen LogP contribution in [-0.4, -0.2) is 24.0 Å². The molecule has 0 aliphatic carbocycles. The average Bonchev–Trinajstić information content (AvgIpc) is 2.74. The smallest absolute Gasteiger partial charge is 0.325 e. The quantitative estimate of drug-likeness (QED) is 0.697. The van der Waals surface area contributed by atoms with Gasteiger partial charge in [0, 0.05) is 18.8 Å². The van der Waals surface area contributed by atoms with Gasteiger partial charge in [0.1, 0.15) is 0 Å². The van der Waals surface area contributed by atoms with Gasteiger partial charge in [0.15, 0.2) is 0 Å². The van der Waals surface area contributed by atoms with E-state index >= 15 is 0 Å². The number of likely N-dealkylation sites (tertiary alicyclic amines) is 1. The van der Waals surface area contributed by atoms with Gasteiger partial charge in [0.25, 0.3) is 0 Å². The summed E-state index contributed by atoms with van der Waals surface area (Å²) in [5, 5.41) is 2.15. The van der Waals surface area contributed by atoms with Gasteiger partial charge in [0.2, 0.25) is 0 Å². The van der Waals surface area contributed by atoms with Gasteiger partial charge in [-0.25, -0.2) is 4.79 Å². The molecule has 1 N–H and O–H groups in total. The molecule has 1 aliphatic heterocycles. The minimum atomic E-state index is -4.94. The zero-order valence-electron chi connectivity index (χ0n) is 12.6. The molecule has 1 heterocycles. The molecular formula is C15H16F6N2O. The van der Waals surface area contributed by atoms with Crippen LogP contribution >= 0.6 is 0 Å². The Bertz CT molecular complexity index is 556. The van der Waals surface area contributed by atoms with Gasteiger partial charge >= 0.3 is 18.4 Å². The van der Waals surface area contributed by atoms with Crippen molar-refractivity contribution >= 4 is 11.7 Å². The Morgan fingerprint density at radius 3 is 1.71 bits per heavy atom. The maximum absolute atomic E-state index is 12.8. The number of nitrogens with zero attached hydrogens (tertiary/aromatic N) is 1. The molecule has 2 rings (SSSR count). The highest BCUT2D eigenvalue weighted by atomic mass is 19.4. The molecule has 0 aromatic heterocycles. The van der Waals surface area contributed by atoms with Crippen LogP contribution in [0.3, 0.4) is 0 Å². The highest BCUT2D eigenvalue weighted by molar-refractivity contribution is 5.89. The number of hydrogen-bond acceptors (Lipinski definition) is 1. The summed E-state index contributed by atoms with van der Waals surface area (Å²) in [5.41, 5.74) is -3.43. The summed E-state index contributed by atoms with van der Waals surface area (Å²) >= 11 is 0. The molecule has 0 spiro atoms. The number of rotatable bonds is 1. The summed E-state index contributed by atoms with van der Waals surface area (Å²) in [6.45, 7) is 0.855. The average molecular weight is 354 g/mol. The van der Waals surface area contributed by atoms with Crippen molar-refractivity contribution in [3.05, 3.63) is 29.3 Å². The van der Waals surface area contributed by atoms with E-state index in [9.17, 15) is 31.1 Å². The van der Waals surface area contributed by atoms with Crippen LogP contribution in [0.2, 0.25) is 0 Å². The van der Waals surface area contributed by atoms with Gasteiger partial charge in [-0.05, 0) is 31.0 Å². The van der Waals surface area contributed by atoms with E-state index in [0.717, 1.165) is 25.7 Å². The molecule has 9 heteroatoms. The monoisotopic (exact) mass is 354 g/mol. The second kappa shape index (κ2) is 6.90. The maximum Gasteiger partial charge on any atom is 0.416 e. The lowest BCUT2D eigenvalue weighted by atomic mass is 10.1. The third kappa shape index (κ3) is 4.78. The molecule has 0 unspecified atom stereocenters. The Balaban J connectivity index is 2.26. The van der Waals surface area contributed by atoms with Crippen molar-refractivity contribution in [2.75, 3.05) is 18.4 Å². The number of hydrogen-bond donors (Lipinski definition) is 1. The molecule has 0 atom stereocenters. The van der Waals surface area contributed by atoms with Crippen molar-refractivity contribution < 1.29 is 31.1 Å². The van der Waals surface area contributed by atoms with Crippen molar-refractivity contribution in [2.24, 2.45) is 0 Å². The fourth-order valence-electron chi connectivity index (χ4n) is 2.50. The zero-order chi connectivity index (χ0) is 18.0. The topological polar surface area (TPSA) is 32.3 Å². The highest BCUT2D eigenvalue weighted by Gasteiger charge is 2.37. The van der Waals surface area contributed by atoms with E-state index in [0.29, 0.717) is 25.2 Å². The fourth-order valence-corrected chi connectivity index (χ4v) is 2.50. The van der Waals surface area contributed by atoms with Crippen LogP contribution in [0, 0.1) is 0 Å². The lowest BCUT2D eigenvalue weighted by Gasteiger charge is -2.21. The summed E-state index contributed by atoms with van der Waals surface area (Å²) in [6.07, 6.45) is -6.50. The second-order valence-electron chi connectivity index (χ2n) is 5.63. The first kappa shape index (κ1) is 18.4. The number of benzene rings is 1. The van der Waals surface area contributed by atoms with E-state index in [4.69, 9.17) is 0 Å². The van der Waals surface area contributed by atoms with Crippen LogP contribution < -0.4 is 5.32 Å². The van der Waals surface area contributed by atoms with Crippen LogP contribution in [0.25, 0.3) is 0 Å². The number of amides is 2. The van der Waals surface area contributed by atoms with E-state index in [-0.39, 0.29) is 6.07 Å². The predicted molar refractivity (Wildman–Crippen MR) is 75.5 cm³/mol. The predicted octanol–water partition coefficient (Wildman–Crippen LogP) is 5.13. The first-order valence-corrected chi connectivity index (χ1v) is 7.43. The number of carbonyl (C=O) groups is 1. The number of carbonyl (C=O) groups excluding carboxylic acids is 1. The van der Waals surface area contributed by atoms with Crippen LogP contribution in [0.5, 0.6) is 0 Å². The van der Waals surface area contributed by atoms with Crippen molar-refractivity contribution in [2.45, 2.75) is 38.0 Å². The molecule has 1 aromatic rings. The molecule has 1 aromatic carbocycles. The van der Waals surface area contributed by atoms with E-state index in [1.165, 1.54) is 4.90 Å². The van der Waals surface area contributed by atoms with Crippen LogP contribution in [0.4, 0.5) is 36.8 Å². The SMILES string of the molecule is O=C(Nc1cc(C(F)(F)F)cc(C(F)(F)F)c1)N1CCCCCC1. The normalized spacial score (nSPS) is 16.7. The lowest BCUT2D eigenvalue weighted by Crippen LogP contribution is -2.35. The van der Waals surface area contributed by atoms with E-state index in [1.54, 1.807) is 0 Å². The standard InChI is InChI=1S/C15H16F6N2O/c16-14(17,18)10-7-11(15(19,20)21)9-12(8-10)22-13(24)23-5-3-1-2-4-6-23/h7-9H,1-6H2,(H,22,24). The second-order valence-corrected chi connectivity index (χ2v) is 5.63. The first-order chi connectivity index (χ1) is 11.1. The van der Waals surface area contributed by atoms with Gasteiger partial charge in [-0.15, -0.1) is 0 Å². The number of nitrogens with one attached hydrogen (secondary N) is 1. The molecule has 2 amide bonds. The Hall–Kier alpha value is -1.93. The number of alkyl halides is 6. The van der Waals surface area contributed by atoms with E-state index in [1.807, 2.05) is 0 Å². The summed E-state index contributed by atoms with van der Waals surface area (Å²) in [6, 6.07) is 0.349. The number of anilines is 1. The van der Waals surface area contributed by atoms with Gasteiger partial charge in [-0.2, -0.15) is 26.3 Å². The molecule has 3 nitrogen and oxygen atoms in total. The van der Waals surface area contributed by atoms with Crippen molar-refractivity contribution in [3.8, 4) is 0 Å². The van der Waals surface area contributed by atoms with Crippen molar-refractivity contribution in [3.63, 3.8) is 0 Å². The minimum absolute atomic E-state index is 0.0294. The summed E-state index contributed by atoms with van der Waals surface area (Å²) in [5.74, 6) is 0. The minimum Gasteiger partial charge on any atom is -0.325 e. The third-order valence-corrected chi connectivity index (χ3v) is 3.73. The molecule has 134 valence electrons. The number of halogens is 6. The molecule has 0 bridgehead atoms. The molecule has 1 aliphatic rings. The van der Waals surface area contributed by atoms with Crippen LogP contribution in [0.15, 0.2) is 18.2 Å². The number of urea groups is 1. The van der Waals surface area contributed by atoms with E-state index in [2.05, 4.69) is 5.32 Å². The van der Waals surface area contributed by atoms with E-state index < -0.39 is 35.2 Å². The van der Waals surface area contributed by atoms with Gasteiger partial charge in [-0.1, -0.05) is 12.8 Å². The third-order valence-electron chi connectivity index (χ3n) is 3.73. The molecule has 24 heavy (non-hydrogen) atoms. The summed E-state index contributed by atoms with van der Waals surface area (Å²) in [7, 11) is 0. The Labute approximate surface area is 134 Å². The molecule has 1 saturated heterocycles. The largest absolute Gasteiger partial charge is 0.416 e. The van der Waals surface area contributed by atoms with Gasteiger partial charge < -0.3 is 10.2 Å². The Kier molecular flexibility index (Phi) is 5.29. The zero-order valence-corrected chi connectivity index (χ0v) is 12.6. The lowest BCUT2D eigenvalue weighted by molar-refractivity contribution is -0.143. The Morgan fingerprint density at radius 1 is 0.833 bits per heavy atom. The van der Waals surface area contributed by atoms with Crippen LogP contribution in [0.1, 0.15) is 36.8 Å². The van der Waals surface area contributed by atoms with Crippen molar-refractivity contribution in [1.82, 2.24) is 4.90 Å². The fraction of sp³-hybridized carbons (Fsp3) is 0.533. The molecule has 1 fully saturated rings. The summed E-state index contributed by atoms with van der Waals surface area (Å²) < 4.78 is 76.7. The summed E-state index contributed by atoms with van der Waals surface area (Å²) in [4.78, 5) is 13.5. The first-order valence-electron chi connectivity index (χ1n) is 7.43. The van der Waals surface area contributed by atoms with Gasteiger partial charge in [-0.3, -0.25) is 0 Å². The molecule has 0 radical (unpaired) electrons. The van der Waals surface area contributed by atoms with Crippen molar-refractivity contribution in [1.29, 1.82) is 0 Å². The highest BCUT2D eigenvalue weighted by Crippen LogP contribution is 2.37. The van der Waals surface area contributed by atoms with Gasteiger partial charge in [0.05, 0.1) is 11.1 Å². The molecule has 0 saturated carbocycles. The molecular weight excluding hydrogens is 338 g/mol.